The second kappa shape index (κ2) is 6.84. The van der Waals surface area contributed by atoms with E-state index in [1.165, 1.54) is 18.3 Å². The highest BCUT2D eigenvalue weighted by atomic mass is 19.1. The lowest BCUT2D eigenvalue weighted by Crippen LogP contribution is -2.25. The molecule has 1 aliphatic rings. The van der Waals surface area contributed by atoms with Gasteiger partial charge >= 0.3 is 5.97 Å². The second-order valence-corrected chi connectivity index (χ2v) is 6.54. The lowest BCUT2D eigenvalue weighted by atomic mass is 9.88. The highest BCUT2D eigenvalue weighted by Crippen LogP contribution is 2.42. The molecule has 2 heterocycles. The van der Waals surface area contributed by atoms with E-state index < -0.39 is 17.7 Å². The number of fused-ring (bicyclic) bond motifs is 1. The van der Waals surface area contributed by atoms with Gasteiger partial charge in [-0.3, -0.25) is 4.79 Å². The molecule has 6 nitrogen and oxygen atoms in total. The Balaban J connectivity index is 1.97. The van der Waals surface area contributed by atoms with E-state index in [4.69, 9.17) is 4.74 Å². The quantitative estimate of drug-likeness (QED) is 0.722. The SMILES string of the molecule is COc1cccc(-n2cc(C(=O)O)c3c2[C@@H](c2cccc(F)c2)CC(=O)N3)c1. The minimum atomic E-state index is -1.15. The molecule has 3 aromatic rings. The lowest BCUT2D eigenvalue weighted by molar-refractivity contribution is -0.116. The third-order valence-electron chi connectivity index (χ3n) is 4.84. The summed E-state index contributed by atoms with van der Waals surface area (Å²) in [6, 6.07) is 13.2. The summed E-state index contributed by atoms with van der Waals surface area (Å²) in [5.41, 5.74) is 2.10. The van der Waals surface area contributed by atoms with Crippen LogP contribution in [0.15, 0.2) is 54.7 Å². The molecule has 0 spiro atoms. The molecule has 0 radical (unpaired) electrons. The van der Waals surface area contributed by atoms with Crippen LogP contribution in [0.2, 0.25) is 0 Å². The predicted molar refractivity (Wildman–Crippen MR) is 101 cm³/mol. The topological polar surface area (TPSA) is 80.6 Å². The van der Waals surface area contributed by atoms with Crippen LogP contribution in [0.4, 0.5) is 10.1 Å². The van der Waals surface area contributed by atoms with Gasteiger partial charge in [-0.2, -0.15) is 0 Å². The Hall–Kier alpha value is -3.61. The zero-order valence-electron chi connectivity index (χ0n) is 15.0. The number of rotatable bonds is 4. The molecule has 1 aliphatic heterocycles. The van der Waals surface area contributed by atoms with Crippen molar-refractivity contribution < 1.29 is 23.8 Å². The number of anilines is 1. The van der Waals surface area contributed by atoms with Crippen molar-refractivity contribution in [2.45, 2.75) is 12.3 Å². The summed E-state index contributed by atoms with van der Waals surface area (Å²) in [7, 11) is 1.54. The van der Waals surface area contributed by atoms with Gasteiger partial charge in [0.25, 0.3) is 0 Å². The van der Waals surface area contributed by atoms with E-state index in [1.54, 1.807) is 42.0 Å². The van der Waals surface area contributed by atoms with Crippen molar-refractivity contribution >= 4 is 17.6 Å². The standard InChI is InChI=1S/C21H17FN2O4/c1-28-15-7-3-6-14(9-15)24-11-17(21(26)27)19-20(24)16(10-18(25)23-19)12-4-2-5-13(22)8-12/h2-9,11,16H,10H2,1H3,(H,23,25)(H,26,27)/t16-/m1/s1. The van der Waals surface area contributed by atoms with E-state index in [2.05, 4.69) is 5.32 Å². The van der Waals surface area contributed by atoms with E-state index in [9.17, 15) is 19.1 Å². The van der Waals surface area contributed by atoms with Gasteiger partial charge in [0, 0.05) is 30.3 Å². The lowest BCUT2D eigenvalue weighted by Gasteiger charge is -2.26. The van der Waals surface area contributed by atoms with Crippen LogP contribution in [-0.4, -0.2) is 28.7 Å². The number of hydrogen-bond donors (Lipinski definition) is 2. The van der Waals surface area contributed by atoms with Crippen molar-refractivity contribution in [2.24, 2.45) is 0 Å². The second-order valence-electron chi connectivity index (χ2n) is 6.54. The van der Waals surface area contributed by atoms with Crippen molar-refractivity contribution in [3.63, 3.8) is 0 Å². The molecule has 1 aromatic heterocycles. The number of nitrogens with one attached hydrogen (secondary N) is 1. The maximum atomic E-state index is 13.8. The van der Waals surface area contributed by atoms with Gasteiger partial charge in [0.2, 0.25) is 5.91 Å². The third kappa shape index (κ3) is 3.00. The van der Waals surface area contributed by atoms with Crippen LogP contribution in [0.5, 0.6) is 5.75 Å². The molecular formula is C21H17FN2O4. The monoisotopic (exact) mass is 380 g/mol. The van der Waals surface area contributed by atoms with Crippen LogP contribution in [-0.2, 0) is 4.79 Å². The van der Waals surface area contributed by atoms with Gasteiger partial charge in [0.05, 0.1) is 18.5 Å². The minimum absolute atomic E-state index is 0.0210. The van der Waals surface area contributed by atoms with Crippen LogP contribution in [0.1, 0.15) is 34.0 Å². The van der Waals surface area contributed by atoms with Crippen molar-refractivity contribution in [3.05, 3.63) is 77.4 Å². The Morgan fingerprint density at radius 1 is 1.25 bits per heavy atom. The van der Waals surface area contributed by atoms with Crippen LogP contribution in [0.3, 0.4) is 0 Å². The van der Waals surface area contributed by atoms with E-state index in [0.29, 0.717) is 22.7 Å². The summed E-state index contributed by atoms with van der Waals surface area (Å²) in [4.78, 5) is 24.1. The van der Waals surface area contributed by atoms with E-state index >= 15 is 0 Å². The maximum Gasteiger partial charge on any atom is 0.339 e. The number of nitrogens with zero attached hydrogens (tertiary/aromatic N) is 1. The van der Waals surface area contributed by atoms with Gasteiger partial charge in [-0.25, -0.2) is 9.18 Å². The Bertz CT molecular complexity index is 1090. The first-order valence-corrected chi connectivity index (χ1v) is 8.66. The van der Waals surface area contributed by atoms with Gasteiger partial charge < -0.3 is 19.7 Å². The summed E-state index contributed by atoms with van der Waals surface area (Å²) < 4.78 is 20.8. The molecule has 4 rings (SSSR count). The van der Waals surface area contributed by atoms with Gasteiger partial charge in [-0.15, -0.1) is 0 Å². The number of carboxylic acid groups (broad SMARTS) is 1. The number of hydrogen-bond acceptors (Lipinski definition) is 3. The summed E-state index contributed by atoms with van der Waals surface area (Å²) in [5, 5.41) is 12.3. The molecule has 142 valence electrons. The molecular weight excluding hydrogens is 363 g/mol. The molecule has 2 aromatic carbocycles. The Morgan fingerprint density at radius 2 is 2.04 bits per heavy atom. The molecule has 2 N–H and O–H groups in total. The largest absolute Gasteiger partial charge is 0.497 e. The fourth-order valence-electron chi connectivity index (χ4n) is 3.60. The highest BCUT2D eigenvalue weighted by molar-refractivity contribution is 6.04. The molecule has 0 saturated carbocycles. The number of carboxylic acids is 1. The number of carbonyl (C=O) groups excluding carboxylic acids is 1. The molecule has 1 atom stereocenters. The fraction of sp³-hybridized carbons (Fsp3) is 0.143. The van der Waals surface area contributed by atoms with Gasteiger partial charge in [-0.1, -0.05) is 18.2 Å². The summed E-state index contributed by atoms with van der Waals surface area (Å²) in [6.07, 6.45) is 1.56. The number of halogens is 1. The molecule has 7 heteroatoms. The first-order chi connectivity index (χ1) is 13.5. The number of methoxy groups -OCH3 is 1. The molecule has 0 unspecified atom stereocenters. The van der Waals surface area contributed by atoms with Crippen LogP contribution in [0.25, 0.3) is 5.69 Å². The van der Waals surface area contributed by atoms with E-state index in [0.717, 1.165) is 0 Å². The van der Waals surface area contributed by atoms with E-state index in [1.807, 2.05) is 6.07 Å². The smallest absolute Gasteiger partial charge is 0.339 e. The van der Waals surface area contributed by atoms with Crippen LogP contribution in [0, 0.1) is 5.82 Å². The summed E-state index contributed by atoms with van der Waals surface area (Å²) >= 11 is 0. The van der Waals surface area contributed by atoms with Crippen molar-refractivity contribution in [1.82, 2.24) is 4.57 Å². The molecule has 28 heavy (non-hydrogen) atoms. The number of benzene rings is 2. The number of aromatic nitrogens is 1. The predicted octanol–water partition coefficient (Wildman–Crippen LogP) is 3.80. The van der Waals surface area contributed by atoms with Gasteiger partial charge in [0.15, 0.2) is 0 Å². The molecule has 0 aliphatic carbocycles. The number of carbonyl (C=O) groups is 2. The maximum absolute atomic E-state index is 13.8. The minimum Gasteiger partial charge on any atom is -0.497 e. The summed E-state index contributed by atoms with van der Waals surface area (Å²) in [5.74, 6) is -1.76. The normalized spacial score (nSPS) is 15.6. The van der Waals surface area contributed by atoms with Crippen LogP contribution < -0.4 is 10.1 Å². The zero-order valence-corrected chi connectivity index (χ0v) is 15.0. The first kappa shape index (κ1) is 17.8. The van der Waals surface area contributed by atoms with Gasteiger partial charge in [0.1, 0.15) is 17.1 Å². The average Bonchev–Trinajstić information content (AvgIpc) is 3.07. The number of amides is 1. The summed E-state index contributed by atoms with van der Waals surface area (Å²) in [6.45, 7) is 0. The Labute approximate surface area is 160 Å². The third-order valence-corrected chi connectivity index (χ3v) is 4.84. The Morgan fingerprint density at radius 3 is 2.75 bits per heavy atom. The number of aromatic carboxylic acids is 1. The first-order valence-electron chi connectivity index (χ1n) is 8.66. The molecule has 0 saturated heterocycles. The molecule has 0 bridgehead atoms. The van der Waals surface area contributed by atoms with Crippen molar-refractivity contribution in [1.29, 1.82) is 0 Å². The Kier molecular flexibility index (Phi) is 4.35. The zero-order chi connectivity index (χ0) is 19.8. The highest BCUT2D eigenvalue weighted by Gasteiger charge is 2.34. The average molecular weight is 380 g/mol. The van der Waals surface area contributed by atoms with Crippen molar-refractivity contribution in [3.8, 4) is 11.4 Å². The van der Waals surface area contributed by atoms with Crippen LogP contribution >= 0.6 is 0 Å². The number of ether oxygens (including phenoxy) is 1. The van der Waals surface area contributed by atoms with Crippen molar-refractivity contribution in [2.75, 3.05) is 12.4 Å². The molecule has 1 amide bonds. The van der Waals surface area contributed by atoms with E-state index in [-0.39, 0.29) is 23.6 Å². The van der Waals surface area contributed by atoms with Gasteiger partial charge in [-0.05, 0) is 29.8 Å². The fourth-order valence-corrected chi connectivity index (χ4v) is 3.60. The molecule has 0 fully saturated rings.